The van der Waals surface area contributed by atoms with Gasteiger partial charge in [-0.05, 0) is 47.3 Å². The van der Waals surface area contributed by atoms with Crippen molar-refractivity contribution in [3.8, 4) is 22.7 Å². The summed E-state index contributed by atoms with van der Waals surface area (Å²) in [6.45, 7) is 33.4. The smallest absolute Gasteiger partial charge is 0.317 e. The van der Waals surface area contributed by atoms with E-state index in [-0.39, 0.29) is 69.4 Å². The summed E-state index contributed by atoms with van der Waals surface area (Å²) in [5, 5.41) is 0. The molecule has 2 aromatic heterocycles. The Kier molecular flexibility index (Phi) is 17.1. The zero-order chi connectivity index (χ0) is 47.3. The molecule has 358 valence electrons. The van der Waals surface area contributed by atoms with Crippen molar-refractivity contribution in [3.63, 3.8) is 0 Å². The summed E-state index contributed by atoms with van der Waals surface area (Å²) in [6, 6.07) is 24.3. The van der Waals surface area contributed by atoms with E-state index in [9.17, 15) is 0 Å². The Hall–Kier alpha value is -4.40. The van der Waals surface area contributed by atoms with Crippen LogP contribution in [-0.2, 0) is 9.13 Å². The Labute approximate surface area is 394 Å². The number of hydrogen-bond acceptors (Lipinski definition) is 4. The van der Waals surface area contributed by atoms with Gasteiger partial charge in [-0.2, -0.15) is 18.3 Å². The van der Waals surface area contributed by atoms with E-state index in [1.807, 2.05) is 72.8 Å². The van der Waals surface area contributed by atoms with Crippen molar-refractivity contribution in [2.75, 3.05) is 0 Å². The zero-order valence-electron chi connectivity index (χ0n) is 42.2. The minimum Gasteiger partial charge on any atom is -0.786 e. The van der Waals surface area contributed by atoms with Crippen LogP contribution in [0.1, 0.15) is 203 Å². The lowest BCUT2D eigenvalue weighted by Gasteiger charge is -2.34. The summed E-state index contributed by atoms with van der Waals surface area (Å²) in [6.07, 6.45) is 7.04. The molecule has 0 fully saturated rings. The lowest BCUT2D eigenvalue weighted by atomic mass is 9.92. The first-order valence-electron chi connectivity index (χ1n) is 23.4. The Morgan fingerprint density at radius 2 is 0.576 bits per heavy atom. The van der Waals surface area contributed by atoms with Gasteiger partial charge in [-0.15, -0.1) is 0 Å². The second-order valence-electron chi connectivity index (χ2n) is 20.1. The summed E-state index contributed by atoms with van der Waals surface area (Å²) in [5.41, 5.74) is 9.58. The molecule has 0 aliphatic heterocycles. The molecule has 2 atom stereocenters. The fourth-order valence-electron chi connectivity index (χ4n) is 9.40. The minimum atomic E-state index is -5.81. The van der Waals surface area contributed by atoms with Crippen molar-refractivity contribution in [1.82, 2.24) is 9.13 Å². The van der Waals surface area contributed by atoms with Crippen LogP contribution in [-0.4, -0.2) is 20.1 Å². The van der Waals surface area contributed by atoms with E-state index in [4.69, 9.17) is 0 Å². The fraction of sp³-hybridized carbons (Fsp3) is 0.444. The van der Waals surface area contributed by atoms with Gasteiger partial charge in [-0.1, -0.05) is 184 Å². The maximum absolute atomic E-state index is 16.6. The first-order chi connectivity index (χ1) is 30.0. The molecule has 0 spiro atoms. The largest absolute Gasteiger partial charge is 0.786 e. The van der Waals surface area contributed by atoms with E-state index in [1.54, 1.807) is 43.1 Å². The SMILES string of the molecule is CC(C)c1cccc(C(C)C)c1-n1cc[n+](-c2c(C(C)C)cccc2C(C)C)c1P(=O)([O-])P(=O)([O-])c1n(-c2c(C(C)C)cccc2C(C)C)cc[n+]1-c1c(C(C)C)cccc1C(C)C.O.O. The Morgan fingerprint density at radius 3 is 0.773 bits per heavy atom. The highest BCUT2D eigenvalue weighted by Crippen LogP contribution is 2.69. The quantitative estimate of drug-likeness (QED) is 0.0741. The highest BCUT2D eigenvalue weighted by Gasteiger charge is 2.49. The Balaban J connectivity index is 0.00000476. The third-order valence-corrected chi connectivity index (χ3v) is 18.5. The third-order valence-electron chi connectivity index (χ3n) is 12.8. The van der Waals surface area contributed by atoms with Crippen molar-refractivity contribution in [2.24, 2.45) is 0 Å². The van der Waals surface area contributed by atoms with Gasteiger partial charge in [0.05, 0.1) is 0 Å². The van der Waals surface area contributed by atoms with Crippen LogP contribution in [0, 0.1) is 0 Å². The summed E-state index contributed by atoms with van der Waals surface area (Å²) >= 11 is 0. The predicted octanol–water partition coefficient (Wildman–Crippen LogP) is 10.3. The second kappa shape index (κ2) is 20.9. The number of aromatic nitrogens is 4. The molecular formula is C54H76N4O6P2. The van der Waals surface area contributed by atoms with Crippen LogP contribution in [0.3, 0.4) is 0 Å². The van der Waals surface area contributed by atoms with Crippen LogP contribution >= 0.6 is 14.1 Å². The van der Waals surface area contributed by atoms with Gasteiger partial charge in [-0.25, -0.2) is 0 Å². The Morgan fingerprint density at radius 1 is 0.379 bits per heavy atom. The molecule has 2 heterocycles. The van der Waals surface area contributed by atoms with Gasteiger partial charge in [0, 0.05) is 44.5 Å². The fourth-order valence-corrected chi connectivity index (χ4v) is 14.2. The molecule has 0 amide bonds. The minimum absolute atomic E-state index is 0. The monoisotopic (exact) mass is 939 g/mol. The van der Waals surface area contributed by atoms with Crippen molar-refractivity contribution < 1.29 is 39.0 Å². The third kappa shape index (κ3) is 9.52. The van der Waals surface area contributed by atoms with Crippen LogP contribution in [0.2, 0.25) is 0 Å². The lowest BCUT2D eigenvalue weighted by molar-refractivity contribution is -0.579. The van der Waals surface area contributed by atoms with Crippen LogP contribution in [0.4, 0.5) is 0 Å². The highest BCUT2D eigenvalue weighted by atomic mass is 32.1. The molecule has 66 heavy (non-hydrogen) atoms. The van der Waals surface area contributed by atoms with Gasteiger partial charge >= 0.3 is 11.1 Å². The van der Waals surface area contributed by atoms with E-state index < -0.39 is 14.1 Å². The van der Waals surface area contributed by atoms with Crippen molar-refractivity contribution >= 4 is 25.2 Å². The number of nitrogens with zero attached hydrogens (tertiary/aromatic N) is 4. The molecule has 0 saturated heterocycles. The average Bonchev–Trinajstić information content (AvgIpc) is 3.88. The number of para-hydroxylation sites is 4. The van der Waals surface area contributed by atoms with E-state index in [0.29, 0.717) is 22.7 Å². The summed E-state index contributed by atoms with van der Waals surface area (Å²) in [7, 11) is -11.6. The number of hydrogen-bond donors (Lipinski definition) is 0. The molecule has 0 aliphatic rings. The van der Waals surface area contributed by atoms with E-state index >= 15 is 18.9 Å². The zero-order valence-corrected chi connectivity index (χ0v) is 44.0. The molecule has 10 nitrogen and oxygen atoms in total. The van der Waals surface area contributed by atoms with Gasteiger partial charge < -0.3 is 29.9 Å². The number of benzene rings is 4. The molecule has 0 saturated carbocycles. The first kappa shape index (κ1) is 54.2. The molecule has 6 aromatic rings. The molecule has 0 radical (unpaired) electrons. The molecule has 12 heteroatoms. The van der Waals surface area contributed by atoms with E-state index in [2.05, 4.69) is 111 Å². The molecular weight excluding hydrogens is 863 g/mol. The normalized spacial score (nSPS) is 13.9. The highest BCUT2D eigenvalue weighted by molar-refractivity contribution is 8.35. The summed E-state index contributed by atoms with van der Waals surface area (Å²) in [4.78, 5) is 33.1. The molecule has 0 aliphatic carbocycles. The van der Waals surface area contributed by atoms with Crippen molar-refractivity contribution in [3.05, 3.63) is 142 Å². The summed E-state index contributed by atoms with van der Waals surface area (Å²) in [5.74, 6) is 0.000283. The summed E-state index contributed by atoms with van der Waals surface area (Å²) < 4.78 is 39.8. The molecule has 0 bridgehead atoms. The second-order valence-corrected chi connectivity index (χ2v) is 26.1. The molecule has 4 aromatic carbocycles. The lowest BCUT2D eigenvalue weighted by Crippen LogP contribution is -2.55. The van der Waals surface area contributed by atoms with Gasteiger partial charge in [-0.3, -0.25) is 0 Å². The van der Waals surface area contributed by atoms with E-state index in [0.717, 1.165) is 44.5 Å². The first-order valence-corrected chi connectivity index (χ1v) is 27.3. The van der Waals surface area contributed by atoms with Crippen LogP contribution in [0.5, 0.6) is 0 Å². The van der Waals surface area contributed by atoms with Gasteiger partial charge in [0.15, 0.2) is 14.1 Å². The van der Waals surface area contributed by atoms with Crippen LogP contribution < -0.4 is 30.1 Å². The maximum atomic E-state index is 16.6. The standard InChI is InChI=1S/C54H72N4O4P2.2H2O/c1-33(2)41-21-17-22-42(34(3)4)49(41)55-29-30-56(50-43(35(5)6)23-18-24-44(50)36(7)8)53(55)63(59,60)64(61,62)54-57(51-45(37(9)10)25-19-26-46(51)38(11)12)31-32-58(54)52-47(39(13)14)27-20-28-48(52)40(15)16;;/h17-40H,1-16H3;2*1H2. The maximum Gasteiger partial charge on any atom is 0.317 e. The van der Waals surface area contributed by atoms with Crippen LogP contribution in [0.25, 0.3) is 22.7 Å². The van der Waals surface area contributed by atoms with Crippen molar-refractivity contribution in [2.45, 2.75) is 158 Å². The van der Waals surface area contributed by atoms with Crippen molar-refractivity contribution in [1.29, 1.82) is 0 Å². The topological polar surface area (TPSA) is 161 Å². The average molecular weight is 939 g/mol. The molecule has 2 unspecified atom stereocenters. The van der Waals surface area contributed by atoms with Gasteiger partial charge in [0.2, 0.25) is 0 Å². The van der Waals surface area contributed by atoms with Gasteiger partial charge in [0.25, 0.3) is 0 Å². The number of rotatable bonds is 15. The van der Waals surface area contributed by atoms with E-state index in [1.165, 1.54) is 0 Å². The molecule has 4 N–H and O–H groups in total. The number of imidazole rings is 2. The van der Waals surface area contributed by atoms with Crippen LogP contribution in [0.15, 0.2) is 97.6 Å². The van der Waals surface area contributed by atoms with Gasteiger partial charge in [0.1, 0.15) is 47.5 Å². The Bertz CT molecular complexity index is 2300. The molecule has 6 rings (SSSR count). The predicted molar refractivity (Wildman–Crippen MR) is 269 cm³/mol.